The topological polar surface area (TPSA) is 56.5 Å². The Hall–Kier alpha value is -2.79. The summed E-state index contributed by atoms with van der Waals surface area (Å²) in [6.07, 6.45) is 0. The lowest BCUT2D eigenvalue weighted by molar-refractivity contribution is 0.0731. The molecule has 0 saturated carbocycles. The first-order chi connectivity index (χ1) is 16.0. The van der Waals surface area contributed by atoms with E-state index in [9.17, 15) is 9.59 Å². The minimum absolute atomic E-state index is 0.0583. The van der Waals surface area contributed by atoms with Crippen LogP contribution in [0.5, 0.6) is 5.75 Å². The summed E-state index contributed by atoms with van der Waals surface area (Å²) in [4.78, 5) is 26.4. The first kappa shape index (κ1) is 24.3. The fourth-order valence-corrected chi connectivity index (χ4v) is 4.15. The zero-order chi connectivity index (χ0) is 24.8. The SMILES string of the molecule is Cc1cc2oc(-c3ccc(C(C)(C)C)cc3)c(OC(=O)c3ccc(Cl)cc3Cl)c(=O)c2cc1Cl. The van der Waals surface area contributed by atoms with Crippen molar-refractivity contribution in [1.29, 1.82) is 0 Å². The average Bonchev–Trinajstić information content (AvgIpc) is 2.76. The van der Waals surface area contributed by atoms with Gasteiger partial charge < -0.3 is 9.15 Å². The van der Waals surface area contributed by atoms with Gasteiger partial charge in [-0.1, -0.05) is 79.8 Å². The number of benzene rings is 3. The molecule has 3 aromatic carbocycles. The number of carbonyl (C=O) groups excluding carboxylic acids is 1. The molecule has 34 heavy (non-hydrogen) atoms. The molecule has 0 unspecified atom stereocenters. The zero-order valence-electron chi connectivity index (χ0n) is 19.0. The highest BCUT2D eigenvalue weighted by Crippen LogP contribution is 2.35. The van der Waals surface area contributed by atoms with Gasteiger partial charge in [0.2, 0.25) is 11.2 Å². The third kappa shape index (κ3) is 4.72. The fraction of sp³-hybridized carbons (Fsp3) is 0.185. The second-order valence-electron chi connectivity index (χ2n) is 9.03. The molecular weight excluding hydrogens is 495 g/mol. The van der Waals surface area contributed by atoms with Crippen LogP contribution in [0.3, 0.4) is 0 Å². The molecule has 0 fully saturated rings. The monoisotopic (exact) mass is 514 g/mol. The second kappa shape index (κ2) is 9.10. The van der Waals surface area contributed by atoms with Crippen LogP contribution in [0, 0.1) is 6.92 Å². The summed E-state index contributed by atoms with van der Waals surface area (Å²) in [7, 11) is 0. The highest BCUT2D eigenvalue weighted by molar-refractivity contribution is 6.36. The minimum Gasteiger partial charge on any atom is -0.452 e. The third-order valence-electron chi connectivity index (χ3n) is 5.49. The minimum atomic E-state index is -0.806. The molecule has 0 aliphatic heterocycles. The summed E-state index contributed by atoms with van der Waals surface area (Å²) in [6.45, 7) is 8.13. The van der Waals surface area contributed by atoms with E-state index in [2.05, 4.69) is 20.8 Å². The van der Waals surface area contributed by atoms with Gasteiger partial charge in [0.1, 0.15) is 5.58 Å². The molecule has 4 aromatic rings. The van der Waals surface area contributed by atoms with E-state index in [-0.39, 0.29) is 32.9 Å². The Morgan fingerprint density at radius 2 is 1.59 bits per heavy atom. The zero-order valence-corrected chi connectivity index (χ0v) is 21.2. The first-order valence-corrected chi connectivity index (χ1v) is 11.6. The molecule has 4 rings (SSSR count). The maximum atomic E-state index is 13.5. The van der Waals surface area contributed by atoms with Crippen molar-refractivity contribution in [3.63, 3.8) is 0 Å². The van der Waals surface area contributed by atoms with Gasteiger partial charge in [-0.05, 0) is 53.8 Å². The van der Waals surface area contributed by atoms with Crippen LogP contribution in [0.25, 0.3) is 22.3 Å². The van der Waals surface area contributed by atoms with Crippen molar-refractivity contribution in [2.45, 2.75) is 33.1 Å². The number of hydrogen-bond acceptors (Lipinski definition) is 4. The van der Waals surface area contributed by atoms with Crippen molar-refractivity contribution in [2.75, 3.05) is 0 Å². The van der Waals surface area contributed by atoms with Gasteiger partial charge in [0, 0.05) is 15.6 Å². The predicted molar refractivity (Wildman–Crippen MR) is 138 cm³/mol. The van der Waals surface area contributed by atoms with E-state index in [0.717, 1.165) is 11.1 Å². The number of rotatable bonds is 3. The van der Waals surface area contributed by atoms with E-state index in [1.165, 1.54) is 24.3 Å². The highest BCUT2D eigenvalue weighted by Gasteiger charge is 2.24. The normalized spacial score (nSPS) is 11.6. The molecule has 7 heteroatoms. The summed E-state index contributed by atoms with van der Waals surface area (Å²) in [5.41, 5.74) is 2.28. The van der Waals surface area contributed by atoms with Crippen molar-refractivity contribution < 1.29 is 13.9 Å². The van der Waals surface area contributed by atoms with Crippen LogP contribution in [0.2, 0.25) is 15.1 Å². The molecule has 0 spiro atoms. The number of esters is 1. The van der Waals surface area contributed by atoms with Crippen LogP contribution in [0.4, 0.5) is 0 Å². The molecule has 0 aliphatic carbocycles. The van der Waals surface area contributed by atoms with Gasteiger partial charge in [-0.3, -0.25) is 4.79 Å². The van der Waals surface area contributed by atoms with Crippen molar-refractivity contribution in [3.8, 4) is 17.1 Å². The highest BCUT2D eigenvalue weighted by atomic mass is 35.5. The number of halogens is 3. The Bertz CT molecular complexity index is 1480. The lowest BCUT2D eigenvalue weighted by Gasteiger charge is -2.19. The molecule has 174 valence electrons. The van der Waals surface area contributed by atoms with Crippen molar-refractivity contribution in [2.24, 2.45) is 0 Å². The van der Waals surface area contributed by atoms with Crippen LogP contribution in [0.1, 0.15) is 42.3 Å². The lowest BCUT2D eigenvalue weighted by atomic mass is 9.86. The maximum Gasteiger partial charge on any atom is 0.345 e. The van der Waals surface area contributed by atoms with Crippen molar-refractivity contribution >= 4 is 51.7 Å². The Morgan fingerprint density at radius 3 is 2.21 bits per heavy atom. The maximum absolute atomic E-state index is 13.5. The van der Waals surface area contributed by atoms with Gasteiger partial charge in [0.05, 0.1) is 16.0 Å². The van der Waals surface area contributed by atoms with Gasteiger partial charge in [0.15, 0.2) is 5.76 Å². The largest absolute Gasteiger partial charge is 0.452 e. The quantitative estimate of drug-likeness (QED) is 0.258. The van der Waals surface area contributed by atoms with E-state index in [0.29, 0.717) is 21.2 Å². The van der Waals surface area contributed by atoms with Crippen LogP contribution in [0.15, 0.2) is 63.8 Å². The van der Waals surface area contributed by atoms with E-state index < -0.39 is 11.4 Å². The summed E-state index contributed by atoms with van der Waals surface area (Å²) in [5.74, 6) is -0.913. The molecule has 0 aliphatic rings. The summed E-state index contributed by atoms with van der Waals surface area (Å²) in [6, 6.07) is 15.2. The Kier molecular flexibility index (Phi) is 6.52. The van der Waals surface area contributed by atoms with E-state index in [4.69, 9.17) is 44.0 Å². The van der Waals surface area contributed by atoms with E-state index in [1.54, 1.807) is 6.07 Å². The Labute approximate surface area is 212 Å². The summed E-state index contributed by atoms with van der Waals surface area (Å²) < 4.78 is 11.7. The number of hydrogen-bond donors (Lipinski definition) is 0. The summed E-state index contributed by atoms with van der Waals surface area (Å²) >= 11 is 18.4. The van der Waals surface area contributed by atoms with Crippen LogP contribution in [-0.4, -0.2) is 5.97 Å². The summed E-state index contributed by atoms with van der Waals surface area (Å²) in [5, 5.41) is 1.09. The van der Waals surface area contributed by atoms with Crippen molar-refractivity contribution in [3.05, 3.63) is 96.6 Å². The molecule has 0 radical (unpaired) electrons. The molecule has 1 aromatic heterocycles. The number of carbonyl (C=O) groups is 1. The molecule has 0 atom stereocenters. The number of ether oxygens (including phenoxy) is 1. The molecule has 0 amide bonds. The van der Waals surface area contributed by atoms with Crippen LogP contribution in [-0.2, 0) is 5.41 Å². The average molecular weight is 516 g/mol. The Morgan fingerprint density at radius 1 is 0.912 bits per heavy atom. The Balaban J connectivity index is 1.91. The fourth-order valence-electron chi connectivity index (χ4n) is 3.51. The molecule has 4 nitrogen and oxygen atoms in total. The molecule has 0 bridgehead atoms. The standard InChI is InChI=1S/C27H21Cl3O4/c1-14-11-22-19(13-20(14)29)23(31)25(34-26(32)18-10-9-17(28)12-21(18)30)24(33-22)15-5-7-16(8-6-15)27(2,3)4/h5-13H,1-4H3. The molecular formula is C27H21Cl3O4. The van der Waals surface area contributed by atoms with Gasteiger partial charge in [0.25, 0.3) is 0 Å². The number of fused-ring (bicyclic) bond motifs is 1. The molecule has 0 saturated heterocycles. The van der Waals surface area contributed by atoms with Crippen molar-refractivity contribution in [1.82, 2.24) is 0 Å². The van der Waals surface area contributed by atoms with E-state index >= 15 is 0 Å². The second-order valence-corrected chi connectivity index (χ2v) is 10.3. The number of aryl methyl sites for hydroxylation is 1. The third-order valence-corrected chi connectivity index (χ3v) is 6.44. The smallest absolute Gasteiger partial charge is 0.345 e. The van der Waals surface area contributed by atoms with E-state index in [1.807, 2.05) is 31.2 Å². The predicted octanol–water partition coefficient (Wildman–Crippen LogP) is 8.25. The van der Waals surface area contributed by atoms with Gasteiger partial charge in [-0.2, -0.15) is 0 Å². The van der Waals surface area contributed by atoms with Crippen LogP contribution >= 0.6 is 34.8 Å². The van der Waals surface area contributed by atoms with Gasteiger partial charge in [-0.15, -0.1) is 0 Å². The van der Waals surface area contributed by atoms with Gasteiger partial charge >= 0.3 is 5.97 Å². The molecule has 0 N–H and O–H groups in total. The molecule has 1 heterocycles. The lowest BCUT2D eigenvalue weighted by Crippen LogP contribution is -2.17. The first-order valence-electron chi connectivity index (χ1n) is 10.5. The van der Waals surface area contributed by atoms with Gasteiger partial charge in [-0.25, -0.2) is 4.79 Å². The van der Waals surface area contributed by atoms with Crippen LogP contribution < -0.4 is 10.2 Å².